The van der Waals surface area contributed by atoms with E-state index in [4.69, 9.17) is 4.74 Å². The van der Waals surface area contributed by atoms with Gasteiger partial charge in [-0.3, -0.25) is 4.79 Å². The molecule has 0 aromatic heterocycles. The zero-order valence-corrected chi connectivity index (χ0v) is 15.4. The number of carbonyl (C=O) groups is 1. The molecule has 2 aromatic rings. The molecular weight excluding hydrogens is 350 g/mol. The highest BCUT2D eigenvalue weighted by Crippen LogP contribution is 2.47. The molecule has 2 aromatic carbocycles. The number of hydrogen-bond acceptors (Lipinski definition) is 4. The van der Waals surface area contributed by atoms with Gasteiger partial charge in [-0.2, -0.15) is 0 Å². The number of amides is 1. The summed E-state index contributed by atoms with van der Waals surface area (Å²) in [5, 5.41) is 3.18. The van der Waals surface area contributed by atoms with Gasteiger partial charge in [0.05, 0.1) is 29.2 Å². The van der Waals surface area contributed by atoms with Crippen LogP contribution in [0.4, 0.5) is 0 Å². The van der Waals surface area contributed by atoms with Crippen molar-refractivity contribution in [2.24, 2.45) is 0 Å². The molecule has 1 amide bonds. The normalized spacial score (nSPS) is 22.1. The number of sulfone groups is 1. The molecule has 0 saturated heterocycles. The smallest absolute Gasteiger partial charge is 0.228 e. The van der Waals surface area contributed by atoms with Crippen LogP contribution in [0.5, 0.6) is 5.75 Å². The third kappa shape index (κ3) is 2.88. The van der Waals surface area contributed by atoms with Crippen molar-refractivity contribution in [3.8, 4) is 5.75 Å². The lowest BCUT2D eigenvalue weighted by Crippen LogP contribution is -2.40. The SMILES string of the molecule is COc1cccc(C2(NC(=O)C3CCS(=O)(=O)c4ccccc43)CC2)c1. The van der Waals surface area contributed by atoms with Crippen LogP contribution in [-0.2, 0) is 20.2 Å². The Morgan fingerprint density at radius 1 is 1.15 bits per heavy atom. The number of methoxy groups -OCH3 is 1. The summed E-state index contributed by atoms with van der Waals surface area (Å²) >= 11 is 0. The van der Waals surface area contributed by atoms with Crippen LogP contribution in [0.15, 0.2) is 53.4 Å². The second kappa shape index (κ2) is 6.13. The van der Waals surface area contributed by atoms with Crippen molar-refractivity contribution in [3.63, 3.8) is 0 Å². The summed E-state index contributed by atoms with van der Waals surface area (Å²) in [4.78, 5) is 13.3. The molecule has 4 rings (SSSR count). The van der Waals surface area contributed by atoms with Crippen molar-refractivity contribution < 1.29 is 17.9 Å². The Labute approximate surface area is 153 Å². The van der Waals surface area contributed by atoms with Crippen LogP contribution in [0.1, 0.15) is 36.3 Å². The highest BCUT2D eigenvalue weighted by molar-refractivity contribution is 7.91. The van der Waals surface area contributed by atoms with Crippen molar-refractivity contribution >= 4 is 15.7 Å². The predicted molar refractivity (Wildman–Crippen MR) is 97.9 cm³/mol. The maximum absolute atomic E-state index is 13.0. The summed E-state index contributed by atoms with van der Waals surface area (Å²) < 4.78 is 29.9. The highest BCUT2D eigenvalue weighted by Gasteiger charge is 2.47. The fourth-order valence-corrected chi connectivity index (χ4v) is 5.34. The van der Waals surface area contributed by atoms with Gasteiger partial charge in [0.15, 0.2) is 9.84 Å². The summed E-state index contributed by atoms with van der Waals surface area (Å²) in [5.74, 6) is 0.233. The average molecular weight is 371 g/mol. The van der Waals surface area contributed by atoms with E-state index in [9.17, 15) is 13.2 Å². The number of rotatable bonds is 4. The lowest BCUT2D eigenvalue weighted by atomic mass is 9.93. The topological polar surface area (TPSA) is 72.5 Å². The fraction of sp³-hybridized carbons (Fsp3) is 0.350. The molecule has 5 nitrogen and oxygen atoms in total. The summed E-state index contributed by atoms with van der Waals surface area (Å²) in [6.45, 7) is 0. The van der Waals surface area contributed by atoms with Crippen LogP contribution in [0.25, 0.3) is 0 Å². The molecule has 26 heavy (non-hydrogen) atoms. The number of nitrogens with one attached hydrogen (secondary N) is 1. The molecule has 0 spiro atoms. The lowest BCUT2D eigenvalue weighted by molar-refractivity contribution is -0.123. The maximum Gasteiger partial charge on any atom is 0.228 e. The number of benzene rings is 2. The number of fused-ring (bicyclic) bond motifs is 1. The third-order valence-corrected chi connectivity index (χ3v) is 7.17. The summed E-state index contributed by atoms with van der Waals surface area (Å²) in [6, 6.07) is 14.6. The Kier molecular flexibility index (Phi) is 4.03. The van der Waals surface area contributed by atoms with E-state index in [-0.39, 0.29) is 22.1 Å². The van der Waals surface area contributed by atoms with Gasteiger partial charge in [-0.1, -0.05) is 30.3 Å². The van der Waals surface area contributed by atoms with Gasteiger partial charge in [0.2, 0.25) is 5.91 Å². The van der Waals surface area contributed by atoms with Crippen molar-refractivity contribution in [1.29, 1.82) is 0 Å². The van der Waals surface area contributed by atoms with E-state index in [0.717, 1.165) is 24.2 Å². The van der Waals surface area contributed by atoms with E-state index < -0.39 is 15.8 Å². The van der Waals surface area contributed by atoms with Gasteiger partial charge in [0.1, 0.15) is 5.75 Å². The van der Waals surface area contributed by atoms with E-state index in [1.807, 2.05) is 24.3 Å². The summed E-state index contributed by atoms with van der Waals surface area (Å²) in [7, 11) is -1.67. The second-order valence-electron chi connectivity index (χ2n) is 7.00. The van der Waals surface area contributed by atoms with Crippen molar-refractivity contribution in [2.75, 3.05) is 12.9 Å². The Balaban J connectivity index is 1.61. The predicted octanol–water partition coefficient (Wildman–Crippen LogP) is 2.76. The van der Waals surface area contributed by atoms with Crippen LogP contribution in [0.3, 0.4) is 0 Å². The second-order valence-corrected chi connectivity index (χ2v) is 9.08. The standard InChI is InChI=1S/C20H21NO4S/c1-25-15-6-4-5-14(13-15)20(10-11-20)21-19(22)17-9-12-26(23,24)18-8-3-2-7-16(17)18/h2-8,13,17H,9-12H2,1H3,(H,21,22). The summed E-state index contributed by atoms with van der Waals surface area (Å²) in [6.07, 6.45) is 2.07. The molecule has 1 saturated carbocycles. The van der Waals surface area contributed by atoms with Gasteiger partial charge < -0.3 is 10.1 Å². The zero-order valence-electron chi connectivity index (χ0n) is 14.6. The average Bonchev–Trinajstić information content (AvgIpc) is 3.42. The molecule has 0 radical (unpaired) electrons. The fourth-order valence-electron chi connectivity index (χ4n) is 3.72. The van der Waals surface area contributed by atoms with E-state index in [2.05, 4.69) is 5.32 Å². The first kappa shape index (κ1) is 17.1. The van der Waals surface area contributed by atoms with Gasteiger partial charge in [-0.25, -0.2) is 8.42 Å². The first-order valence-electron chi connectivity index (χ1n) is 8.73. The van der Waals surface area contributed by atoms with Gasteiger partial charge in [0.25, 0.3) is 0 Å². The first-order chi connectivity index (χ1) is 12.5. The number of ether oxygens (including phenoxy) is 1. The van der Waals surface area contributed by atoms with Crippen LogP contribution < -0.4 is 10.1 Å². The van der Waals surface area contributed by atoms with Crippen LogP contribution in [0, 0.1) is 0 Å². The van der Waals surface area contributed by atoms with E-state index in [1.165, 1.54) is 0 Å². The van der Waals surface area contributed by atoms with Crippen molar-refractivity contribution in [1.82, 2.24) is 5.32 Å². The molecule has 1 aliphatic heterocycles. The summed E-state index contributed by atoms with van der Waals surface area (Å²) in [5.41, 5.74) is 1.27. The van der Waals surface area contributed by atoms with Crippen molar-refractivity contribution in [3.05, 3.63) is 59.7 Å². The molecule has 136 valence electrons. The molecule has 6 heteroatoms. The molecule has 1 atom stereocenters. The van der Waals surface area contributed by atoms with Gasteiger partial charge in [-0.15, -0.1) is 0 Å². The monoisotopic (exact) mass is 371 g/mol. The number of carbonyl (C=O) groups excluding carboxylic acids is 1. The maximum atomic E-state index is 13.0. The van der Waals surface area contributed by atoms with Crippen LogP contribution >= 0.6 is 0 Å². The molecule has 0 bridgehead atoms. The van der Waals surface area contributed by atoms with Gasteiger partial charge in [-0.05, 0) is 48.6 Å². The number of hydrogen-bond donors (Lipinski definition) is 1. The van der Waals surface area contributed by atoms with Gasteiger partial charge in [0, 0.05) is 0 Å². The minimum Gasteiger partial charge on any atom is -0.497 e. The van der Waals surface area contributed by atoms with E-state index >= 15 is 0 Å². The Morgan fingerprint density at radius 3 is 2.65 bits per heavy atom. The molecule has 1 heterocycles. The minimum absolute atomic E-state index is 0.00819. The highest BCUT2D eigenvalue weighted by atomic mass is 32.2. The molecule has 1 aliphatic carbocycles. The third-order valence-electron chi connectivity index (χ3n) is 5.36. The van der Waals surface area contributed by atoms with Crippen LogP contribution in [0.2, 0.25) is 0 Å². The Morgan fingerprint density at radius 2 is 1.92 bits per heavy atom. The van der Waals surface area contributed by atoms with Crippen LogP contribution in [-0.4, -0.2) is 27.2 Å². The molecule has 2 aliphatic rings. The first-order valence-corrected chi connectivity index (χ1v) is 10.4. The van der Waals surface area contributed by atoms with E-state index in [1.54, 1.807) is 31.4 Å². The van der Waals surface area contributed by atoms with E-state index in [0.29, 0.717) is 12.0 Å². The molecular formula is C20H21NO4S. The zero-order chi connectivity index (χ0) is 18.4. The quantitative estimate of drug-likeness (QED) is 0.897. The lowest BCUT2D eigenvalue weighted by Gasteiger charge is -2.27. The Bertz CT molecular complexity index is 963. The van der Waals surface area contributed by atoms with Gasteiger partial charge >= 0.3 is 0 Å². The molecule has 1 unspecified atom stereocenters. The molecule has 1 N–H and O–H groups in total. The minimum atomic E-state index is -3.29. The largest absolute Gasteiger partial charge is 0.497 e. The molecule has 1 fully saturated rings. The Hall–Kier alpha value is -2.34. The van der Waals surface area contributed by atoms with Crippen molar-refractivity contribution in [2.45, 2.75) is 35.6 Å².